The molecule has 0 bridgehead atoms. The SMILES string of the molecule is O=C(O)C=Cc1ccc(C=C2SC(=S)N(C3CCC4CCCCC4C3)C2=O)o1. The summed E-state index contributed by atoms with van der Waals surface area (Å²) in [5, 5.41) is 8.69. The molecule has 2 saturated carbocycles. The summed E-state index contributed by atoms with van der Waals surface area (Å²) >= 11 is 6.86. The highest BCUT2D eigenvalue weighted by atomic mass is 32.2. The van der Waals surface area contributed by atoms with Crippen molar-refractivity contribution < 1.29 is 19.1 Å². The molecule has 1 saturated heterocycles. The van der Waals surface area contributed by atoms with Gasteiger partial charge in [-0.15, -0.1) is 0 Å². The first-order chi connectivity index (χ1) is 13.5. The Hall–Kier alpha value is -1.86. The largest absolute Gasteiger partial charge is 0.478 e. The molecular weight excluding hydrogens is 394 g/mol. The molecule has 5 nitrogen and oxygen atoms in total. The topological polar surface area (TPSA) is 70.8 Å². The minimum absolute atomic E-state index is 0.0340. The smallest absolute Gasteiger partial charge is 0.328 e. The molecule has 148 valence electrons. The van der Waals surface area contributed by atoms with Crippen LogP contribution >= 0.6 is 24.0 Å². The van der Waals surface area contributed by atoms with E-state index in [-0.39, 0.29) is 11.9 Å². The summed E-state index contributed by atoms with van der Waals surface area (Å²) in [6, 6.07) is 3.61. The van der Waals surface area contributed by atoms with Gasteiger partial charge < -0.3 is 9.52 Å². The molecule has 3 atom stereocenters. The number of carboxylic acids is 1. The molecule has 2 aliphatic carbocycles. The van der Waals surface area contributed by atoms with Crippen molar-refractivity contribution in [1.82, 2.24) is 4.90 Å². The van der Waals surface area contributed by atoms with Crippen LogP contribution in [0.3, 0.4) is 0 Å². The number of hydrogen-bond acceptors (Lipinski definition) is 5. The summed E-state index contributed by atoms with van der Waals surface area (Å²) in [4.78, 5) is 26.0. The number of thiocarbonyl (C=S) groups is 1. The van der Waals surface area contributed by atoms with Crippen LogP contribution < -0.4 is 0 Å². The van der Waals surface area contributed by atoms with E-state index in [0.717, 1.165) is 30.8 Å². The summed E-state index contributed by atoms with van der Waals surface area (Å²) in [7, 11) is 0. The average molecular weight is 418 g/mol. The van der Waals surface area contributed by atoms with Crippen molar-refractivity contribution in [3.63, 3.8) is 0 Å². The molecule has 2 heterocycles. The lowest BCUT2D eigenvalue weighted by atomic mass is 9.69. The molecule has 0 spiro atoms. The highest BCUT2D eigenvalue weighted by Gasteiger charge is 2.41. The fourth-order valence-corrected chi connectivity index (χ4v) is 6.08. The molecule has 1 aliphatic heterocycles. The second kappa shape index (κ2) is 8.25. The average Bonchev–Trinajstić information content (AvgIpc) is 3.24. The van der Waals surface area contributed by atoms with E-state index >= 15 is 0 Å². The van der Waals surface area contributed by atoms with Gasteiger partial charge in [-0.3, -0.25) is 9.69 Å². The number of thioether (sulfide) groups is 1. The van der Waals surface area contributed by atoms with E-state index in [1.807, 2.05) is 4.90 Å². The first-order valence-electron chi connectivity index (χ1n) is 9.79. The van der Waals surface area contributed by atoms with Gasteiger partial charge >= 0.3 is 5.97 Å². The molecule has 7 heteroatoms. The van der Waals surface area contributed by atoms with E-state index < -0.39 is 5.97 Å². The van der Waals surface area contributed by atoms with Crippen molar-refractivity contribution >= 4 is 52.3 Å². The third-order valence-electron chi connectivity index (χ3n) is 6.01. The minimum Gasteiger partial charge on any atom is -0.478 e. The molecule has 3 aliphatic rings. The summed E-state index contributed by atoms with van der Waals surface area (Å²) in [6.07, 6.45) is 12.7. The van der Waals surface area contributed by atoms with Gasteiger partial charge in [-0.25, -0.2) is 4.79 Å². The Labute approximate surface area is 173 Å². The zero-order chi connectivity index (χ0) is 19.7. The number of carboxylic acid groups (broad SMARTS) is 1. The van der Waals surface area contributed by atoms with Gasteiger partial charge in [0.2, 0.25) is 0 Å². The first kappa shape index (κ1) is 19.5. The van der Waals surface area contributed by atoms with Crippen LogP contribution in [0.1, 0.15) is 56.5 Å². The molecular formula is C21H23NO4S2. The molecule has 0 radical (unpaired) electrons. The summed E-state index contributed by atoms with van der Waals surface area (Å²) in [6.45, 7) is 0. The Morgan fingerprint density at radius 1 is 1.18 bits per heavy atom. The fraction of sp³-hybridized carbons (Fsp3) is 0.476. The fourth-order valence-electron chi connectivity index (χ4n) is 4.70. The van der Waals surface area contributed by atoms with E-state index in [2.05, 4.69) is 0 Å². The zero-order valence-corrected chi connectivity index (χ0v) is 17.1. The number of nitrogens with zero attached hydrogens (tertiary/aromatic N) is 1. The van der Waals surface area contributed by atoms with Gasteiger partial charge in [0.25, 0.3) is 5.91 Å². The molecule has 28 heavy (non-hydrogen) atoms. The van der Waals surface area contributed by atoms with Crippen molar-refractivity contribution in [2.45, 2.75) is 51.0 Å². The van der Waals surface area contributed by atoms with E-state index in [9.17, 15) is 9.59 Å². The molecule has 4 rings (SSSR count). The number of hydrogen-bond donors (Lipinski definition) is 1. The van der Waals surface area contributed by atoms with E-state index in [0.29, 0.717) is 20.7 Å². The lowest BCUT2D eigenvalue weighted by molar-refractivity contribution is -0.131. The molecule has 3 unspecified atom stereocenters. The molecule has 1 aromatic rings. The van der Waals surface area contributed by atoms with Crippen LogP contribution in [0.15, 0.2) is 27.5 Å². The lowest BCUT2D eigenvalue weighted by Crippen LogP contribution is -2.44. The Morgan fingerprint density at radius 2 is 1.93 bits per heavy atom. The van der Waals surface area contributed by atoms with Crippen molar-refractivity contribution in [1.29, 1.82) is 0 Å². The lowest BCUT2D eigenvalue weighted by Gasteiger charge is -2.41. The molecule has 1 aromatic heterocycles. The second-order valence-corrected chi connectivity index (χ2v) is 9.41. The monoisotopic (exact) mass is 417 g/mol. The van der Waals surface area contributed by atoms with Crippen molar-refractivity contribution in [2.24, 2.45) is 11.8 Å². The maximum absolute atomic E-state index is 13.0. The van der Waals surface area contributed by atoms with Crippen molar-refractivity contribution in [2.75, 3.05) is 0 Å². The first-order valence-corrected chi connectivity index (χ1v) is 11.0. The van der Waals surface area contributed by atoms with Gasteiger partial charge in [-0.05, 0) is 49.3 Å². The number of fused-ring (bicyclic) bond motifs is 1. The second-order valence-electron chi connectivity index (χ2n) is 7.73. The number of aliphatic carboxylic acids is 1. The molecule has 1 N–H and O–H groups in total. The predicted molar refractivity (Wildman–Crippen MR) is 113 cm³/mol. The highest BCUT2D eigenvalue weighted by molar-refractivity contribution is 8.26. The van der Waals surface area contributed by atoms with Gasteiger partial charge in [-0.1, -0.05) is 49.7 Å². The third kappa shape index (κ3) is 4.10. The number of furan rings is 1. The van der Waals surface area contributed by atoms with Crippen LogP contribution in [-0.4, -0.2) is 32.2 Å². The Morgan fingerprint density at radius 3 is 2.71 bits per heavy atom. The number of rotatable bonds is 4. The van der Waals surface area contributed by atoms with Crippen molar-refractivity contribution in [3.8, 4) is 0 Å². The van der Waals surface area contributed by atoms with Gasteiger partial charge in [-0.2, -0.15) is 0 Å². The van der Waals surface area contributed by atoms with E-state index in [4.69, 9.17) is 21.7 Å². The predicted octanol–water partition coefficient (Wildman–Crippen LogP) is 4.94. The van der Waals surface area contributed by atoms with Crippen LogP contribution in [-0.2, 0) is 9.59 Å². The zero-order valence-electron chi connectivity index (χ0n) is 15.5. The van der Waals surface area contributed by atoms with Crippen LogP contribution in [0.2, 0.25) is 0 Å². The van der Waals surface area contributed by atoms with Gasteiger partial charge in [0.15, 0.2) is 0 Å². The van der Waals surface area contributed by atoms with E-state index in [1.165, 1.54) is 49.9 Å². The Kier molecular flexibility index (Phi) is 5.73. The maximum Gasteiger partial charge on any atom is 0.328 e. The Balaban J connectivity index is 1.46. The van der Waals surface area contributed by atoms with Crippen LogP contribution in [0, 0.1) is 11.8 Å². The Bertz CT molecular complexity index is 856. The standard InChI is InChI=1S/C21H23NO4S2/c23-19(24)10-9-16-7-8-17(26-16)12-18-20(25)22(21(27)28-18)15-6-5-13-3-1-2-4-14(13)11-15/h7-10,12-15H,1-6,11H2,(H,23,24). The van der Waals surface area contributed by atoms with Crippen molar-refractivity contribution in [3.05, 3.63) is 34.6 Å². The molecule has 0 aromatic carbocycles. The molecule has 1 amide bonds. The molecule has 3 fully saturated rings. The number of amides is 1. The van der Waals surface area contributed by atoms with E-state index in [1.54, 1.807) is 18.2 Å². The summed E-state index contributed by atoms with van der Waals surface area (Å²) in [5.74, 6) is 1.44. The normalized spacial score (nSPS) is 29.6. The van der Waals surface area contributed by atoms with Gasteiger partial charge in [0, 0.05) is 18.2 Å². The quantitative estimate of drug-likeness (QED) is 0.553. The number of carbonyl (C=O) groups is 2. The van der Waals surface area contributed by atoms with Gasteiger partial charge in [0.1, 0.15) is 15.8 Å². The summed E-state index contributed by atoms with van der Waals surface area (Å²) < 4.78 is 6.21. The summed E-state index contributed by atoms with van der Waals surface area (Å²) in [5.41, 5.74) is 0. The van der Waals surface area contributed by atoms with Crippen LogP contribution in [0.4, 0.5) is 0 Å². The minimum atomic E-state index is -1.04. The maximum atomic E-state index is 13.0. The highest BCUT2D eigenvalue weighted by Crippen LogP contribution is 2.44. The van der Waals surface area contributed by atoms with Crippen LogP contribution in [0.5, 0.6) is 0 Å². The number of carbonyl (C=O) groups excluding carboxylic acids is 1. The van der Waals surface area contributed by atoms with Gasteiger partial charge in [0.05, 0.1) is 4.91 Å². The van der Waals surface area contributed by atoms with Crippen LogP contribution in [0.25, 0.3) is 12.2 Å². The third-order valence-corrected chi connectivity index (χ3v) is 7.34.